The van der Waals surface area contributed by atoms with Gasteiger partial charge < -0.3 is 24.8 Å². The molecule has 0 spiro atoms. The van der Waals surface area contributed by atoms with Crippen LogP contribution in [0, 0.1) is 5.92 Å². The van der Waals surface area contributed by atoms with Crippen molar-refractivity contribution in [2.24, 2.45) is 5.92 Å². The summed E-state index contributed by atoms with van der Waals surface area (Å²) in [7, 11) is 1.67. The number of fused-ring (bicyclic) bond motifs is 1. The lowest BCUT2D eigenvalue weighted by Crippen LogP contribution is -2.37. The van der Waals surface area contributed by atoms with Gasteiger partial charge in [0.05, 0.1) is 26.9 Å². The van der Waals surface area contributed by atoms with Crippen LogP contribution < -0.4 is 20.1 Å². The van der Waals surface area contributed by atoms with Gasteiger partial charge in [-0.05, 0) is 24.5 Å². The molecule has 2 aliphatic rings. The molecule has 2 N–H and O–H groups in total. The lowest BCUT2D eigenvalue weighted by molar-refractivity contribution is 0.122. The summed E-state index contributed by atoms with van der Waals surface area (Å²) in [6.07, 6.45) is 1.74. The van der Waals surface area contributed by atoms with Crippen LogP contribution in [-0.2, 0) is 17.6 Å². The van der Waals surface area contributed by atoms with Crippen molar-refractivity contribution < 1.29 is 14.2 Å². The quantitative estimate of drug-likeness (QED) is 0.893. The van der Waals surface area contributed by atoms with Crippen LogP contribution >= 0.6 is 0 Å². The average molecular weight is 356 g/mol. The molecule has 2 aromatic rings. The molecule has 2 aliphatic heterocycles. The molecule has 1 saturated heterocycles. The SMILES string of the molecule is COc1cccc2c1OC[C@@H](Cc1cc(N3CCOCC3)nc(N)n1)C2. The smallest absolute Gasteiger partial charge is 0.222 e. The number of morpholine rings is 1. The molecule has 0 unspecified atom stereocenters. The molecule has 1 fully saturated rings. The van der Waals surface area contributed by atoms with E-state index in [1.807, 2.05) is 18.2 Å². The van der Waals surface area contributed by atoms with E-state index < -0.39 is 0 Å². The van der Waals surface area contributed by atoms with Gasteiger partial charge in [0.25, 0.3) is 0 Å². The first kappa shape index (κ1) is 16.9. The number of anilines is 2. The van der Waals surface area contributed by atoms with Crippen molar-refractivity contribution in [3.05, 3.63) is 35.5 Å². The van der Waals surface area contributed by atoms with Crippen LogP contribution in [0.3, 0.4) is 0 Å². The van der Waals surface area contributed by atoms with Crippen molar-refractivity contribution in [1.29, 1.82) is 0 Å². The van der Waals surface area contributed by atoms with Gasteiger partial charge in [0.1, 0.15) is 5.82 Å². The van der Waals surface area contributed by atoms with Gasteiger partial charge in [-0.1, -0.05) is 12.1 Å². The monoisotopic (exact) mass is 356 g/mol. The number of hydrogen-bond acceptors (Lipinski definition) is 7. The Morgan fingerprint density at radius 2 is 2.12 bits per heavy atom. The van der Waals surface area contributed by atoms with E-state index in [0.29, 0.717) is 31.7 Å². The van der Waals surface area contributed by atoms with Crippen LogP contribution in [0.1, 0.15) is 11.3 Å². The van der Waals surface area contributed by atoms with Gasteiger partial charge in [0.15, 0.2) is 11.5 Å². The summed E-state index contributed by atoms with van der Waals surface area (Å²) in [5.41, 5.74) is 8.09. The first-order chi connectivity index (χ1) is 12.7. The van der Waals surface area contributed by atoms with Crippen LogP contribution in [0.25, 0.3) is 0 Å². The second-order valence-electron chi connectivity index (χ2n) is 6.71. The second-order valence-corrected chi connectivity index (χ2v) is 6.71. The highest BCUT2D eigenvalue weighted by Crippen LogP contribution is 2.36. The molecule has 0 saturated carbocycles. The summed E-state index contributed by atoms with van der Waals surface area (Å²) in [4.78, 5) is 11.0. The Morgan fingerprint density at radius 3 is 2.92 bits per heavy atom. The lowest BCUT2D eigenvalue weighted by Gasteiger charge is -2.29. The molecule has 7 nitrogen and oxygen atoms in total. The number of ether oxygens (including phenoxy) is 3. The number of nitrogen functional groups attached to an aromatic ring is 1. The Hall–Kier alpha value is -2.54. The molecule has 0 radical (unpaired) electrons. The van der Waals surface area contributed by atoms with Crippen LogP contribution in [0.4, 0.5) is 11.8 Å². The molecule has 1 aromatic carbocycles. The summed E-state index contributed by atoms with van der Waals surface area (Å²) >= 11 is 0. The minimum Gasteiger partial charge on any atom is -0.493 e. The fourth-order valence-corrected chi connectivity index (χ4v) is 3.61. The Kier molecular flexibility index (Phi) is 4.79. The Balaban J connectivity index is 1.50. The summed E-state index contributed by atoms with van der Waals surface area (Å²) in [6.45, 7) is 3.73. The fraction of sp³-hybridized carbons (Fsp3) is 0.474. The zero-order valence-corrected chi connectivity index (χ0v) is 15.0. The summed E-state index contributed by atoms with van der Waals surface area (Å²) in [5.74, 6) is 3.21. The number of nitrogens with zero attached hydrogens (tertiary/aromatic N) is 3. The maximum Gasteiger partial charge on any atom is 0.222 e. The maximum atomic E-state index is 5.98. The summed E-state index contributed by atoms with van der Waals surface area (Å²) in [6, 6.07) is 8.07. The first-order valence-electron chi connectivity index (χ1n) is 8.97. The molecule has 0 bridgehead atoms. The van der Waals surface area contributed by atoms with E-state index in [4.69, 9.17) is 19.9 Å². The topological polar surface area (TPSA) is 82.7 Å². The number of methoxy groups -OCH3 is 1. The molecule has 3 heterocycles. The van der Waals surface area contributed by atoms with Crippen molar-refractivity contribution in [2.45, 2.75) is 12.8 Å². The zero-order valence-electron chi connectivity index (χ0n) is 15.0. The van der Waals surface area contributed by atoms with E-state index >= 15 is 0 Å². The van der Waals surface area contributed by atoms with Crippen molar-refractivity contribution in [3.8, 4) is 11.5 Å². The van der Waals surface area contributed by atoms with Gasteiger partial charge in [0, 0.05) is 30.8 Å². The first-order valence-corrected chi connectivity index (χ1v) is 8.97. The van der Waals surface area contributed by atoms with Crippen LogP contribution in [0.15, 0.2) is 24.3 Å². The van der Waals surface area contributed by atoms with E-state index in [1.54, 1.807) is 7.11 Å². The molecule has 0 aliphatic carbocycles. The maximum absolute atomic E-state index is 5.98. The standard InChI is InChI=1S/C19H24N4O3/c1-24-16-4-2-3-14-9-13(12-26-18(14)16)10-15-11-17(22-19(20)21-15)23-5-7-25-8-6-23/h2-4,11,13H,5-10,12H2,1H3,(H2,20,21,22)/t13-/m1/s1. The Labute approximate surface area is 153 Å². The number of benzene rings is 1. The zero-order chi connectivity index (χ0) is 17.9. The molecule has 4 rings (SSSR count). The largest absolute Gasteiger partial charge is 0.493 e. The number of aromatic nitrogens is 2. The predicted molar refractivity (Wildman–Crippen MR) is 98.9 cm³/mol. The molecule has 1 aromatic heterocycles. The van der Waals surface area contributed by atoms with Crippen molar-refractivity contribution in [3.63, 3.8) is 0 Å². The Morgan fingerprint density at radius 1 is 1.27 bits per heavy atom. The van der Waals surface area contributed by atoms with E-state index in [-0.39, 0.29) is 0 Å². The molecule has 0 amide bonds. The molecule has 7 heteroatoms. The third-order valence-electron chi connectivity index (χ3n) is 4.87. The van der Waals surface area contributed by atoms with Gasteiger partial charge in [-0.3, -0.25) is 0 Å². The normalized spacial score (nSPS) is 19.6. The lowest BCUT2D eigenvalue weighted by atomic mass is 9.92. The van der Waals surface area contributed by atoms with Gasteiger partial charge in [0.2, 0.25) is 5.95 Å². The predicted octanol–water partition coefficient (Wildman–Crippen LogP) is 1.70. The van der Waals surface area contributed by atoms with Gasteiger partial charge in [-0.2, -0.15) is 4.98 Å². The van der Waals surface area contributed by atoms with E-state index in [0.717, 1.165) is 48.9 Å². The average Bonchev–Trinajstić information content (AvgIpc) is 2.67. The molecular formula is C19H24N4O3. The molecular weight excluding hydrogens is 332 g/mol. The van der Waals surface area contributed by atoms with Crippen LogP contribution in [0.5, 0.6) is 11.5 Å². The van der Waals surface area contributed by atoms with E-state index in [2.05, 4.69) is 20.9 Å². The van der Waals surface area contributed by atoms with Crippen molar-refractivity contribution in [2.75, 3.05) is 50.7 Å². The highest BCUT2D eigenvalue weighted by molar-refractivity contribution is 5.48. The van der Waals surface area contributed by atoms with Gasteiger partial charge in [-0.25, -0.2) is 4.98 Å². The van der Waals surface area contributed by atoms with Crippen LogP contribution in [-0.4, -0.2) is 50.0 Å². The fourth-order valence-electron chi connectivity index (χ4n) is 3.61. The summed E-state index contributed by atoms with van der Waals surface area (Å²) in [5, 5.41) is 0. The molecule has 1 atom stereocenters. The van der Waals surface area contributed by atoms with Gasteiger partial charge >= 0.3 is 0 Å². The highest BCUT2D eigenvalue weighted by Gasteiger charge is 2.24. The number of nitrogens with two attached hydrogens (primary N) is 1. The third-order valence-corrected chi connectivity index (χ3v) is 4.87. The van der Waals surface area contributed by atoms with Crippen LogP contribution in [0.2, 0.25) is 0 Å². The Bertz CT molecular complexity index is 777. The minimum atomic E-state index is 0.322. The number of hydrogen-bond donors (Lipinski definition) is 1. The van der Waals surface area contributed by atoms with E-state index in [9.17, 15) is 0 Å². The second kappa shape index (κ2) is 7.37. The number of rotatable bonds is 4. The summed E-state index contributed by atoms with van der Waals surface area (Å²) < 4.78 is 16.8. The van der Waals surface area contributed by atoms with Crippen molar-refractivity contribution >= 4 is 11.8 Å². The highest BCUT2D eigenvalue weighted by atomic mass is 16.5. The molecule has 138 valence electrons. The minimum absolute atomic E-state index is 0.322. The van der Waals surface area contributed by atoms with Gasteiger partial charge in [-0.15, -0.1) is 0 Å². The third kappa shape index (κ3) is 3.53. The molecule has 26 heavy (non-hydrogen) atoms. The van der Waals surface area contributed by atoms with E-state index in [1.165, 1.54) is 5.56 Å². The van der Waals surface area contributed by atoms with Crippen molar-refractivity contribution in [1.82, 2.24) is 9.97 Å². The number of para-hydroxylation sites is 1.